The molecule has 3 rings (SSSR count). The van der Waals surface area contributed by atoms with Gasteiger partial charge in [0.25, 0.3) is 5.91 Å². The molecule has 0 saturated heterocycles. The average molecular weight is 487 g/mol. The van der Waals surface area contributed by atoms with Crippen molar-refractivity contribution in [3.63, 3.8) is 0 Å². The van der Waals surface area contributed by atoms with Crippen LogP contribution in [0.1, 0.15) is 23.2 Å². The minimum Gasteiger partial charge on any atom is -0.480 e. The second-order valence-corrected chi connectivity index (χ2v) is 9.46. The number of carboxylic acid groups (broad SMARTS) is 1. The number of hydrogen-bond donors (Lipinski definition) is 3. The van der Waals surface area contributed by atoms with Crippen molar-refractivity contribution in [2.24, 2.45) is 0 Å². The van der Waals surface area contributed by atoms with Gasteiger partial charge in [0.1, 0.15) is 6.04 Å². The van der Waals surface area contributed by atoms with Crippen LogP contribution in [0.15, 0.2) is 83.8 Å². The monoisotopic (exact) mass is 486 g/mol. The van der Waals surface area contributed by atoms with E-state index in [4.69, 9.17) is 11.6 Å². The van der Waals surface area contributed by atoms with Gasteiger partial charge in [0.2, 0.25) is 10.0 Å². The maximum atomic E-state index is 12.7. The van der Waals surface area contributed by atoms with Gasteiger partial charge >= 0.3 is 5.97 Å². The van der Waals surface area contributed by atoms with Crippen LogP contribution in [-0.4, -0.2) is 38.0 Å². The smallest absolute Gasteiger partial charge is 0.321 e. The van der Waals surface area contributed by atoms with Crippen molar-refractivity contribution in [2.75, 3.05) is 6.54 Å². The third kappa shape index (κ3) is 6.89. The molecule has 1 amide bonds. The molecule has 0 aliphatic heterocycles. The zero-order chi connectivity index (χ0) is 23.8. The number of carbonyl (C=O) groups is 2. The number of carboxylic acids is 1. The van der Waals surface area contributed by atoms with Crippen LogP contribution in [0.4, 0.5) is 0 Å². The van der Waals surface area contributed by atoms with E-state index in [0.29, 0.717) is 10.6 Å². The molecular formula is C24H23ClN2O5S. The minimum absolute atomic E-state index is 0.0203. The first-order valence-corrected chi connectivity index (χ1v) is 12.1. The first-order valence-electron chi connectivity index (χ1n) is 10.2. The molecule has 0 aliphatic rings. The normalized spacial score (nSPS) is 12.2. The predicted molar refractivity (Wildman–Crippen MR) is 127 cm³/mol. The van der Waals surface area contributed by atoms with E-state index in [1.54, 1.807) is 54.6 Å². The molecular weight excluding hydrogens is 464 g/mol. The number of hydrogen-bond acceptors (Lipinski definition) is 4. The molecule has 172 valence electrons. The van der Waals surface area contributed by atoms with Gasteiger partial charge in [-0.2, -0.15) is 4.72 Å². The summed E-state index contributed by atoms with van der Waals surface area (Å²) in [6, 6.07) is 20.6. The summed E-state index contributed by atoms with van der Waals surface area (Å²) in [5, 5.41) is 12.8. The zero-order valence-electron chi connectivity index (χ0n) is 17.6. The van der Waals surface area contributed by atoms with Gasteiger partial charge < -0.3 is 10.4 Å². The Kier molecular flexibility index (Phi) is 8.21. The quantitative estimate of drug-likeness (QED) is 0.375. The summed E-state index contributed by atoms with van der Waals surface area (Å²) in [5.74, 6) is -1.56. The van der Waals surface area contributed by atoms with Crippen molar-refractivity contribution in [3.8, 4) is 11.1 Å². The van der Waals surface area contributed by atoms with Gasteiger partial charge in [-0.25, -0.2) is 8.42 Å². The van der Waals surface area contributed by atoms with Gasteiger partial charge in [-0.05, 0) is 60.4 Å². The van der Waals surface area contributed by atoms with E-state index in [0.717, 1.165) is 11.1 Å². The van der Waals surface area contributed by atoms with Crippen LogP contribution >= 0.6 is 11.6 Å². The summed E-state index contributed by atoms with van der Waals surface area (Å²) < 4.78 is 27.6. The van der Waals surface area contributed by atoms with Crippen LogP contribution < -0.4 is 10.0 Å². The lowest BCUT2D eigenvalue weighted by molar-refractivity contribution is -0.139. The minimum atomic E-state index is -4.05. The van der Waals surface area contributed by atoms with Crippen LogP contribution in [0, 0.1) is 0 Å². The lowest BCUT2D eigenvalue weighted by Gasteiger charge is -2.15. The molecule has 0 spiro atoms. The lowest BCUT2D eigenvalue weighted by atomic mass is 10.1. The van der Waals surface area contributed by atoms with Crippen molar-refractivity contribution in [3.05, 3.63) is 89.4 Å². The number of benzene rings is 3. The standard InChI is InChI=1S/C24H23ClN2O5S/c25-20-12-8-17(9-13-20)18-10-14-21(15-11-18)33(31,32)27-22(24(29)30)7-4-16-26-23(28)19-5-2-1-3-6-19/h1-3,5-6,8-15,22,27H,4,7,16H2,(H,26,28)(H,29,30). The fourth-order valence-corrected chi connectivity index (χ4v) is 4.51. The highest BCUT2D eigenvalue weighted by Gasteiger charge is 2.25. The number of carbonyl (C=O) groups excluding carboxylic acids is 1. The number of sulfonamides is 1. The van der Waals surface area contributed by atoms with Gasteiger partial charge in [0.15, 0.2) is 0 Å². The summed E-state index contributed by atoms with van der Waals surface area (Å²) >= 11 is 5.89. The molecule has 7 nitrogen and oxygen atoms in total. The topological polar surface area (TPSA) is 113 Å². The third-order valence-corrected chi connectivity index (χ3v) is 6.67. The summed E-state index contributed by atoms with van der Waals surface area (Å²) in [7, 11) is -4.05. The maximum Gasteiger partial charge on any atom is 0.321 e. The molecule has 3 aromatic carbocycles. The SMILES string of the molecule is O=C(NCCCC(NS(=O)(=O)c1ccc(-c2ccc(Cl)cc2)cc1)C(=O)O)c1ccccc1. The average Bonchev–Trinajstić information content (AvgIpc) is 2.82. The molecule has 0 aliphatic carbocycles. The maximum absolute atomic E-state index is 12.7. The highest BCUT2D eigenvalue weighted by Crippen LogP contribution is 2.23. The van der Waals surface area contributed by atoms with E-state index >= 15 is 0 Å². The van der Waals surface area contributed by atoms with Crippen LogP contribution in [-0.2, 0) is 14.8 Å². The largest absolute Gasteiger partial charge is 0.480 e. The fourth-order valence-electron chi connectivity index (χ4n) is 3.16. The Morgan fingerprint density at radius 1 is 0.879 bits per heavy atom. The summed E-state index contributed by atoms with van der Waals surface area (Å²) in [6.45, 7) is 0.217. The molecule has 1 atom stereocenters. The second kappa shape index (κ2) is 11.1. The molecule has 0 heterocycles. The van der Waals surface area contributed by atoms with E-state index in [-0.39, 0.29) is 30.2 Å². The van der Waals surface area contributed by atoms with Crippen molar-refractivity contribution in [1.82, 2.24) is 10.0 Å². The van der Waals surface area contributed by atoms with Gasteiger partial charge in [0, 0.05) is 17.1 Å². The summed E-state index contributed by atoms with van der Waals surface area (Å²) in [6.07, 6.45) is 0.306. The number of aliphatic carboxylic acids is 1. The Balaban J connectivity index is 1.58. The lowest BCUT2D eigenvalue weighted by Crippen LogP contribution is -2.41. The van der Waals surface area contributed by atoms with Crippen molar-refractivity contribution in [1.29, 1.82) is 0 Å². The van der Waals surface area contributed by atoms with E-state index in [1.165, 1.54) is 12.1 Å². The highest BCUT2D eigenvalue weighted by atomic mass is 35.5. The Hall–Kier alpha value is -3.20. The summed E-state index contributed by atoms with van der Waals surface area (Å²) in [5.41, 5.74) is 2.17. The Morgan fingerprint density at radius 2 is 1.45 bits per heavy atom. The second-order valence-electron chi connectivity index (χ2n) is 7.31. The molecule has 0 aromatic heterocycles. The van der Waals surface area contributed by atoms with Crippen LogP contribution in [0.5, 0.6) is 0 Å². The number of rotatable bonds is 10. The van der Waals surface area contributed by atoms with Gasteiger partial charge in [-0.3, -0.25) is 9.59 Å². The third-order valence-electron chi connectivity index (χ3n) is 4.93. The summed E-state index contributed by atoms with van der Waals surface area (Å²) in [4.78, 5) is 23.6. The molecule has 9 heteroatoms. The van der Waals surface area contributed by atoms with Crippen LogP contribution in [0.3, 0.4) is 0 Å². The number of amides is 1. The predicted octanol–water partition coefficient (Wildman–Crippen LogP) is 3.95. The van der Waals surface area contributed by atoms with Crippen molar-refractivity contribution in [2.45, 2.75) is 23.8 Å². The van der Waals surface area contributed by atoms with Crippen LogP contribution in [0.25, 0.3) is 11.1 Å². The van der Waals surface area contributed by atoms with Gasteiger partial charge in [-0.15, -0.1) is 0 Å². The molecule has 3 aromatic rings. The first-order chi connectivity index (χ1) is 15.8. The molecule has 3 N–H and O–H groups in total. The molecule has 0 fully saturated rings. The zero-order valence-corrected chi connectivity index (χ0v) is 19.1. The first kappa shape index (κ1) is 24.4. The van der Waals surface area contributed by atoms with E-state index in [1.807, 2.05) is 12.1 Å². The van der Waals surface area contributed by atoms with Crippen LogP contribution in [0.2, 0.25) is 5.02 Å². The highest BCUT2D eigenvalue weighted by molar-refractivity contribution is 7.89. The fraction of sp³-hybridized carbons (Fsp3) is 0.167. The molecule has 0 saturated carbocycles. The van der Waals surface area contributed by atoms with Gasteiger partial charge in [0.05, 0.1) is 4.90 Å². The van der Waals surface area contributed by atoms with E-state index < -0.39 is 22.0 Å². The molecule has 33 heavy (non-hydrogen) atoms. The molecule has 0 bridgehead atoms. The Labute approximate surface area is 197 Å². The number of halogens is 1. The van der Waals surface area contributed by atoms with Gasteiger partial charge in [-0.1, -0.05) is 54.1 Å². The number of nitrogens with one attached hydrogen (secondary N) is 2. The van der Waals surface area contributed by atoms with Crippen molar-refractivity contribution >= 4 is 33.5 Å². The molecule has 1 unspecified atom stereocenters. The van der Waals surface area contributed by atoms with E-state index in [2.05, 4.69) is 10.0 Å². The molecule has 0 radical (unpaired) electrons. The Morgan fingerprint density at radius 3 is 2.03 bits per heavy atom. The Bertz CT molecular complexity index is 1200. The van der Waals surface area contributed by atoms with E-state index in [9.17, 15) is 23.1 Å². The van der Waals surface area contributed by atoms with Crippen molar-refractivity contribution < 1.29 is 23.1 Å².